The molecule has 2 heterocycles. The molecular formula is C25H28N2O6S. The molecule has 1 amide bonds. The number of sulfonamides is 1. The van der Waals surface area contributed by atoms with E-state index in [4.69, 9.17) is 9.15 Å². The van der Waals surface area contributed by atoms with Gasteiger partial charge in [0.1, 0.15) is 11.5 Å². The van der Waals surface area contributed by atoms with Crippen LogP contribution in [-0.2, 0) is 30.9 Å². The van der Waals surface area contributed by atoms with E-state index in [-0.39, 0.29) is 34.5 Å². The molecule has 34 heavy (non-hydrogen) atoms. The van der Waals surface area contributed by atoms with E-state index in [2.05, 4.69) is 4.72 Å². The number of furan rings is 1. The summed E-state index contributed by atoms with van der Waals surface area (Å²) in [6, 6.07) is 11.4. The molecule has 0 bridgehead atoms. The number of nitrogens with zero attached hydrogens (tertiary/aromatic N) is 1. The van der Waals surface area contributed by atoms with Crippen molar-refractivity contribution in [2.75, 3.05) is 7.11 Å². The summed E-state index contributed by atoms with van der Waals surface area (Å²) in [5.74, 6) is -0.0939. The van der Waals surface area contributed by atoms with Crippen LogP contribution in [0, 0.1) is 0 Å². The third-order valence-electron chi connectivity index (χ3n) is 6.23. The van der Waals surface area contributed by atoms with Gasteiger partial charge in [-0.2, -0.15) is 0 Å². The lowest BCUT2D eigenvalue weighted by molar-refractivity contribution is -0.136. The van der Waals surface area contributed by atoms with Crippen LogP contribution in [0.25, 0.3) is 6.08 Å². The molecular weight excluding hydrogens is 456 g/mol. The van der Waals surface area contributed by atoms with Crippen molar-refractivity contribution >= 4 is 28.0 Å². The fourth-order valence-corrected chi connectivity index (χ4v) is 5.55. The second-order valence-electron chi connectivity index (χ2n) is 8.42. The van der Waals surface area contributed by atoms with Crippen LogP contribution in [0.15, 0.2) is 68.6 Å². The SMILES string of the molecule is COC(=O)C1=C(C)N(C2CCCCC2)C(=O)/C1=C/c1ccc(CNS(=O)(=O)c2ccccc2)o1. The minimum atomic E-state index is -3.69. The van der Waals surface area contributed by atoms with Crippen LogP contribution < -0.4 is 4.72 Å². The molecule has 1 aliphatic carbocycles. The molecule has 1 N–H and O–H groups in total. The Hall–Kier alpha value is -3.17. The first-order valence-corrected chi connectivity index (χ1v) is 12.8. The van der Waals surface area contributed by atoms with Gasteiger partial charge in [-0.3, -0.25) is 4.79 Å². The van der Waals surface area contributed by atoms with Crippen LogP contribution in [0.2, 0.25) is 0 Å². The van der Waals surface area contributed by atoms with Gasteiger partial charge in [-0.25, -0.2) is 17.9 Å². The van der Waals surface area contributed by atoms with E-state index in [0.717, 1.165) is 32.1 Å². The van der Waals surface area contributed by atoms with E-state index in [1.165, 1.54) is 25.3 Å². The summed E-state index contributed by atoms with van der Waals surface area (Å²) in [6.07, 6.45) is 6.57. The third kappa shape index (κ3) is 4.85. The highest BCUT2D eigenvalue weighted by molar-refractivity contribution is 7.89. The number of esters is 1. The molecule has 8 nitrogen and oxygen atoms in total. The van der Waals surface area contributed by atoms with E-state index in [0.29, 0.717) is 17.2 Å². The number of nitrogens with one attached hydrogen (secondary N) is 1. The van der Waals surface area contributed by atoms with Crippen molar-refractivity contribution in [3.05, 3.63) is 70.8 Å². The Morgan fingerprint density at radius 3 is 2.53 bits per heavy atom. The lowest BCUT2D eigenvalue weighted by atomic mass is 9.94. The molecule has 0 saturated heterocycles. The number of hydrogen-bond acceptors (Lipinski definition) is 6. The summed E-state index contributed by atoms with van der Waals surface area (Å²) in [7, 11) is -2.40. The Labute approximate surface area is 199 Å². The highest BCUT2D eigenvalue weighted by atomic mass is 32.2. The number of methoxy groups -OCH3 is 1. The van der Waals surface area contributed by atoms with Crippen LogP contribution in [0.3, 0.4) is 0 Å². The second kappa shape index (κ2) is 9.99. The molecule has 0 spiro atoms. The minimum absolute atomic E-state index is 0.0543. The molecule has 2 aromatic rings. The molecule has 1 aliphatic heterocycles. The fourth-order valence-electron chi connectivity index (χ4n) is 4.54. The van der Waals surface area contributed by atoms with Gasteiger partial charge in [-0.1, -0.05) is 37.5 Å². The summed E-state index contributed by atoms with van der Waals surface area (Å²) < 4.78 is 38.1. The van der Waals surface area contributed by atoms with Crippen LogP contribution in [0.4, 0.5) is 0 Å². The topological polar surface area (TPSA) is 106 Å². The van der Waals surface area contributed by atoms with Crippen molar-refractivity contribution in [2.24, 2.45) is 0 Å². The van der Waals surface area contributed by atoms with Gasteiger partial charge in [0.15, 0.2) is 0 Å². The number of ether oxygens (including phenoxy) is 1. The maximum atomic E-state index is 13.3. The van der Waals surface area contributed by atoms with Gasteiger partial charge in [-0.15, -0.1) is 0 Å². The van der Waals surface area contributed by atoms with Gasteiger partial charge in [0.2, 0.25) is 10.0 Å². The molecule has 0 atom stereocenters. The van der Waals surface area contributed by atoms with Gasteiger partial charge >= 0.3 is 5.97 Å². The first kappa shape index (κ1) is 24.0. The first-order chi connectivity index (χ1) is 16.3. The molecule has 1 aromatic carbocycles. The lowest BCUT2D eigenvalue weighted by Gasteiger charge is -2.32. The molecule has 0 radical (unpaired) electrons. The molecule has 0 unspecified atom stereocenters. The average molecular weight is 485 g/mol. The number of rotatable bonds is 7. The Balaban J connectivity index is 1.56. The predicted octanol–water partition coefficient (Wildman–Crippen LogP) is 3.76. The predicted molar refractivity (Wildman–Crippen MR) is 126 cm³/mol. The number of amides is 1. The second-order valence-corrected chi connectivity index (χ2v) is 10.2. The number of carbonyl (C=O) groups excluding carboxylic acids is 2. The summed E-state index contributed by atoms with van der Waals surface area (Å²) in [4.78, 5) is 27.8. The first-order valence-electron chi connectivity index (χ1n) is 11.3. The highest BCUT2D eigenvalue weighted by Gasteiger charge is 2.40. The molecule has 1 aromatic heterocycles. The van der Waals surface area contributed by atoms with Gasteiger partial charge in [0.25, 0.3) is 5.91 Å². The lowest BCUT2D eigenvalue weighted by Crippen LogP contribution is -2.37. The highest BCUT2D eigenvalue weighted by Crippen LogP contribution is 2.37. The minimum Gasteiger partial charge on any atom is -0.465 e. The molecule has 180 valence electrons. The maximum absolute atomic E-state index is 13.3. The number of benzene rings is 1. The van der Waals surface area contributed by atoms with E-state index in [1.807, 2.05) is 0 Å². The van der Waals surface area contributed by atoms with Crippen molar-refractivity contribution in [2.45, 2.75) is 56.5 Å². The molecule has 9 heteroatoms. The Morgan fingerprint density at radius 1 is 1.15 bits per heavy atom. The molecule has 1 saturated carbocycles. The molecule has 4 rings (SSSR count). The third-order valence-corrected chi connectivity index (χ3v) is 7.65. The van der Waals surface area contributed by atoms with Gasteiger partial charge in [-0.05, 0) is 50.1 Å². The monoisotopic (exact) mass is 484 g/mol. The van der Waals surface area contributed by atoms with Crippen molar-refractivity contribution in [1.82, 2.24) is 9.62 Å². The smallest absolute Gasteiger partial charge is 0.340 e. The Morgan fingerprint density at radius 2 is 1.85 bits per heavy atom. The molecule has 2 aliphatic rings. The Bertz CT molecular complexity index is 1240. The normalized spacial score (nSPS) is 18.7. The summed E-state index contributed by atoms with van der Waals surface area (Å²) in [5, 5.41) is 0. The van der Waals surface area contributed by atoms with Crippen LogP contribution in [0.1, 0.15) is 50.5 Å². The van der Waals surface area contributed by atoms with Crippen LogP contribution in [0.5, 0.6) is 0 Å². The summed E-state index contributed by atoms with van der Waals surface area (Å²) >= 11 is 0. The largest absolute Gasteiger partial charge is 0.465 e. The van der Waals surface area contributed by atoms with E-state index in [1.54, 1.807) is 42.2 Å². The van der Waals surface area contributed by atoms with Crippen molar-refractivity contribution in [3.8, 4) is 0 Å². The van der Waals surface area contributed by atoms with Gasteiger partial charge in [0, 0.05) is 11.7 Å². The van der Waals surface area contributed by atoms with Crippen LogP contribution >= 0.6 is 0 Å². The number of allylic oxidation sites excluding steroid dienone is 1. The maximum Gasteiger partial charge on any atom is 0.340 e. The standard InChI is InChI=1S/C25H28N2O6S/c1-17-23(25(29)32-2)22(24(28)27(17)18-9-5-3-6-10-18)15-19-13-14-20(33-19)16-26-34(30,31)21-11-7-4-8-12-21/h4,7-8,11-15,18,26H,3,5-6,9-10,16H2,1-2H3/b22-15+. The average Bonchev–Trinajstić information content (AvgIpc) is 3.40. The fraction of sp³-hybridized carbons (Fsp3) is 0.360. The van der Waals surface area contributed by atoms with Crippen LogP contribution in [-0.4, -0.2) is 38.3 Å². The number of hydrogen-bond donors (Lipinski definition) is 1. The van der Waals surface area contributed by atoms with E-state index in [9.17, 15) is 18.0 Å². The quantitative estimate of drug-likeness (QED) is 0.474. The summed E-state index contributed by atoms with van der Waals surface area (Å²) in [5.41, 5.74) is 1.05. The zero-order chi connectivity index (χ0) is 24.3. The van der Waals surface area contributed by atoms with E-state index < -0.39 is 16.0 Å². The summed E-state index contributed by atoms with van der Waals surface area (Å²) in [6.45, 7) is 1.72. The van der Waals surface area contributed by atoms with Crippen molar-refractivity contribution in [3.63, 3.8) is 0 Å². The number of carbonyl (C=O) groups is 2. The van der Waals surface area contributed by atoms with Crippen molar-refractivity contribution in [1.29, 1.82) is 0 Å². The van der Waals surface area contributed by atoms with Gasteiger partial charge in [0.05, 0.1) is 29.7 Å². The van der Waals surface area contributed by atoms with E-state index >= 15 is 0 Å². The zero-order valence-electron chi connectivity index (χ0n) is 19.2. The molecule has 1 fully saturated rings. The Kier molecular flexibility index (Phi) is 7.04. The zero-order valence-corrected chi connectivity index (χ0v) is 20.1. The van der Waals surface area contributed by atoms with Gasteiger partial charge < -0.3 is 14.1 Å². The van der Waals surface area contributed by atoms with Crippen molar-refractivity contribution < 1.29 is 27.2 Å².